The molecular weight excluding hydrogens is 489 g/mol. The molecule has 0 saturated carbocycles. The lowest BCUT2D eigenvalue weighted by molar-refractivity contribution is -0.134. The van der Waals surface area contributed by atoms with E-state index in [0.29, 0.717) is 0 Å². The fourth-order valence-electron chi connectivity index (χ4n) is 2.60. The number of rotatable bonds is 21. The van der Waals surface area contributed by atoms with Gasteiger partial charge in [0, 0.05) is 11.5 Å². The van der Waals surface area contributed by atoms with Gasteiger partial charge in [0.2, 0.25) is 0 Å². The van der Waals surface area contributed by atoms with Crippen LogP contribution >= 0.6 is 41.2 Å². The first-order valence-electron chi connectivity index (χ1n) is 11.4. The van der Waals surface area contributed by atoms with E-state index in [1.807, 2.05) is 41.2 Å². The van der Waals surface area contributed by atoms with Gasteiger partial charge in [-0.25, -0.2) is 0 Å². The van der Waals surface area contributed by atoms with Crippen molar-refractivity contribution in [2.45, 2.75) is 117 Å². The van der Waals surface area contributed by atoms with Crippen molar-refractivity contribution in [3.05, 3.63) is 0 Å². The first-order chi connectivity index (χ1) is 14.2. The molecule has 10 heteroatoms. The summed E-state index contributed by atoms with van der Waals surface area (Å²) in [6.07, 6.45) is 3.54. The molecule has 0 aliphatic heterocycles. The van der Waals surface area contributed by atoms with Crippen LogP contribution < -0.4 is 0 Å². The van der Waals surface area contributed by atoms with Crippen molar-refractivity contribution in [2.75, 3.05) is 11.5 Å². The van der Waals surface area contributed by atoms with Crippen molar-refractivity contribution in [1.29, 1.82) is 0 Å². The molecule has 0 heterocycles. The number of hydrogen-bond acceptors (Lipinski definition) is 8. The Hall–Kier alpha value is 1.67. The van der Waals surface area contributed by atoms with Crippen LogP contribution in [0.4, 0.5) is 0 Å². The second-order valence-electron chi connectivity index (χ2n) is 8.37. The highest BCUT2D eigenvalue weighted by Crippen LogP contribution is 2.43. The molecule has 0 spiro atoms. The Morgan fingerprint density at radius 1 is 0.533 bits per heavy atom. The lowest BCUT2D eigenvalue weighted by Gasteiger charge is -2.22. The minimum atomic E-state index is -0.331. The Morgan fingerprint density at radius 3 is 1.10 bits per heavy atom. The lowest BCUT2D eigenvalue weighted by Crippen LogP contribution is -2.30. The van der Waals surface area contributed by atoms with Crippen LogP contribution in [0.1, 0.15) is 68.2 Å². The van der Waals surface area contributed by atoms with E-state index in [1.165, 1.54) is 36.4 Å². The third-order valence-corrected chi connectivity index (χ3v) is 13.8. The molecule has 0 saturated heterocycles. The quantitative estimate of drug-likeness (QED) is 0.0781. The first-order valence-corrected chi connectivity index (χ1v) is 20.2. The lowest BCUT2D eigenvalue weighted by atomic mass is 10.5. The maximum atomic E-state index is 5.91. The molecule has 0 atom stereocenters. The van der Waals surface area contributed by atoms with Crippen LogP contribution in [0.15, 0.2) is 0 Å². The largest absolute Gasteiger partial charge is 0.354 e. The molecule has 0 fully saturated rings. The van der Waals surface area contributed by atoms with E-state index in [1.54, 1.807) is 0 Å². The van der Waals surface area contributed by atoms with Crippen molar-refractivity contribution in [3.63, 3.8) is 0 Å². The van der Waals surface area contributed by atoms with Gasteiger partial charge >= 0.3 is 0 Å². The minimum absolute atomic E-state index is 0.0765. The van der Waals surface area contributed by atoms with E-state index in [-0.39, 0.29) is 55.3 Å². The van der Waals surface area contributed by atoms with Gasteiger partial charge in [-0.15, -0.1) is 0 Å². The van der Waals surface area contributed by atoms with Gasteiger partial charge < -0.3 is 18.9 Å². The highest BCUT2D eigenvalue weighted by Gasteiger charge is 2.14. The normalized spacial score (nSPS) is 13.4. The molecular formula is C20H46O4S4Si2. The fraction of sp³-hybridized carbons (Fsp3) is 1.00. The molecule has 0 aromatic carbocycles. The van der Waals surface area contributed by atoms with E-state index < -0.39 is 0 Å². The van der Waals surface area contributed by atoms with Crippen molar-refractivity contribution in [3.8, 4) is 0 Å². The Morgan fingerprint density at radius 2 is 0.833 bits per heavy atom. The summed E-state index contributed by atoms with van der Waals surface area (Å²) >= 11 is 0. The molecule has 0 rings (SSSR count). The Kier molecular flexibility index (Phi) is 22.4. The van der Waals surface area contributed by atoms with E-state index in [9.17, 15) is 0 Å². The van der Waals surface area contributed by atoms with Crippen LogP contribution in [0, 0.1) is 0 Å². The van der Waals surface area contributed by atoms with Crippen LogP contribution in [0.2, 0.25) is 12.1 Å². The van der Waals surface area contributed by atoms with Crippen molar-refractivity contribution >= 4 is 60.3 Å². The summed E-state index contributed by atoms with van der Waals surface area (Å²) in [5.74, 6) is 2.59. The molecule has 0 aromatic rings. The van der Waals surface area contributed by atoms with Gasteiger partial charge in [0.25, 0.3) is 0 Å². The molecule has 0 bridgehead atoms. The summed E-state index contributed by atoms with van der Waals surface area (Å²) in [7, 11) is 7.16. The first kappa shape index (κ1) is 31.7. The molecule has 0 amide bonds. The standard InChI is InChI=1S/C20H46O4S4Si2/c1-15(2)21-19(22-16(3)4)29-13-9-11-25-27-28-26-12-10-14-30-20(23-17(5)6)24-18(7)8/h15-20H,9-14,29-30H2,1-8H3. The highest BCUT2D eigenvalue weighted by atomic mass is 33.7. The molecule has 182 valence electrons. The molecule has 0 N–H and O–H groups in total. The second-order valence-corrected chi connectivity index (χ2v) is 18.5. The average molecular weight is 535 g/mol. The fourth-order valence-corrected chi connectivity index (χ4v) is 13.4. The minimum Gasteiger partial charge on any atom is -0.354 e. The van der Waals surface area contributed by atoms with Crippen LogP contribution in [-0.2, 0) is 18.9 Å². The van der Waals surface area contributed by atoms with Crippen molar-refractivity contribution in [1.82, 2.24) is 0 Å². The third-order valence-electron chi connectivity index (χ3n) is 3.65. The topological polar surface area (TPSA) is 36.9 Å². The Bertz CT molecular complexity index is 327. The zero-order valence-corrected chi connectivity index (χ0v) is 26.5. The average Bonchev–Trinajstić information content (AvgIpc) is 2.60. The zero-order valence-electron chi connectivity index (χ0n) is 20.4. The van der Waals surface area contributed by atoms with Crippen molar-refractivity contribution < 1.29 is 18.9 Å². The number of hydrogen-bond donors (Lipinski definition) is 0. The van der Waals surface area contributed by atoms with Gasteiger partial charge in [-0.2, -0.15) is 0 Å². The van der Waals surface area contributed by atoms with E-state index in [0.717, 1.165) is 0 Å². The van der Waals surface area contributed by atoms with Crippen LogP contribution in [0.5, 0.6) is 0 Å². The Balaban J connectivity index is 3.58. The van der Waals surface area contributed by atoms with Crippen LogP contribution in [0.25, 0.3) is 0 Å². The van der Waals surface area contributed by atoms with Crippen LogP contribution in [-0.4, -0.2) is 66.8 Å². The molecule has 0 aliphatic rings. The summed E-state index contributed by atoms with van der Waals surface area (Å²) in [5.41, 5.74) is 0. The van der Waals surface area contributed by atoms with E-state index >= 15 is 0 Å². The van der Waals surface area contributed by atoms with Crippen molar-refractivity contribution in [2.24, 2.45) is 0 Å². The Labute approximate surface area is 206 Å². The molecule has 0 radical (unpaired) electrons. The van der Waals surface area contributed by atoms with Crippen LogP contribution in [0.3, 0.4) is 0 Å². The van der Waals surface area contributed by atoms with Gasteiger partial charge in [0.15, 0.2) is 0 Å². The molecule has 0 unspecified atom stereocenters. The van der Waals surface area contributed by atoms with Gasteiger partial charge in [0.05, 0.1) is 43.5 Å². The molecule has 0 aliphatic carbocycles. The molecule has 0 aromatic heterocycles. The predicted molar refractivity (Wildman–Crippen MR) is 148 cm³/mol. The van der Waals surface area contributed by atoms with Gasteiger partial charge in [-0.1, -0.05) is 33.7 Å². The second kappa shape index (κ2) is 21.2. The predicted octanol–water partition coefficient (Wildman–Crippen LogP) is 5.89. The zero-order chi connectivity index (χ0) is 22.8. The molecule has 4 nitrogen and oxygen atoms in total. The van der Waals surface area contributed by atoms with Gasteiger partial charge in [-0.05, 0) is 87.9 Å². The smallest absolute Gasteiger partial charge is 0.135 e. The summed E-state index contributed by atoms with van der Waals surface area (Å²) < 4.78 is 23.6. The summed E-state index contributed by atoms with van der Waals surface area (Å²) in [4.78, 5) is 0. The summed E-state index contributed by atoms with van der Waals surface area (Å²) in [5, 5.41) is 0. The molecule has 30 heavy (non-hydrogen) atoms. The summed E-state index contributed by atoms with van der Waals surface area (Å²) in [6.45, 7) is 16.7. The van der Waals surface area contributed by atoms with Gasteiger partial charge in [0.1, 0.15) is 11.8 Å². The maximum absolute atomic E-state index is 5.91. The SMILES string of the molecule is CC(C)OC(OC(C)C)[SiH2]CCCSSSSCCC[SiH2]C(OC(C)C)OC(C)C. The maximum Gasteiger partial charge on any atom is 0.135 e. The summed E-state index contributed by atoms with van der Waals surface area (Å²) in [6, 6.07) is 2.58. The third kappa shape index (κ3) is 22.9. The monoisotopic (exact) mass is 534 g/mol. The highest BCUT2D eigenvalue weighted by molar-refractivity contribution is 9.26. The van der Waals surface area contributed by atoms with Gasteiger partial charge in [-0.3, -0.25) is 0 Å². The van der Waals surface area contributed by atoms with E-state index in [4.69, 9.17) is 18.9 Å². The van der Waals surface area contributed by atoms with E-state index in [2.05, 4.69) is 55.4 Å². The number of ether oxygens (including phenoxy) is 4.